The molecule has 4 amide bonds. The smallest absolute Gasteiger partial charge is 0.325 e. The highest BCUT2D eigenvalue weighted by molar-refractivity contribution is 6.09. The molecule has 0 aromatic rings. The van der Waals surface area contributed by atoms with Gasteiger partial charge in [-0.3, -0.25) is 14.5 Å². The molecule has 26 heavy (non-hydrogen) atoms. The molecule has 6 nitrogen and oxygen atoms in total. The molecule has 1 saturated heterocycles. The predicted octanol–water partition coefficient (Wildman–Crippen LogP) is 2.91. The van der Waals surface area contributed by atoms with E-state index in [2.05, 4.69) is 26.1 Å². The third-order valence-electron chi connectivity index (χ3n) is 6.43. The van der Waals surface area contributed by atoms with Crippen molar-refractivity contribution in [2.75, 3.05) is 13.6 Å². The van der Waals surface area contributed by atoms with E-state index in [1.165, 1.54) is 6.42 Å². The van der Waals surface area contributed by atoms with Crippen LogP contribution in [0.25, 0.3) is 0 Å². The van der Waals surface area contributed by atoms with Gasteiger partial charge in [-0.2, -0.15) is 0 Å². The molecule has 0 radical (unpaired) electrons. The lowest BCUT2D eigenvalue weighted by atomic mass is 9.64. The highest BCUT2D eigenvalue weighted by Crippen LogP contribution is 2.46. The third kappa shape index (κ3) is 3.60. The Morgan fingerprint density at radius 3 is 2.46 bits per heavy atom. The molecule has 3 fully saturated rings. The fraction of sp³-hybridized carbons (Fsp3) is 0.850. The maximum atomic E-state index is 13.1. The number of hydrogen-bond donors (Lipinski definition) is 1. The Kier molecular flexibility index (Phi) is 5.06. The lowest BCUT2D eigenvalue weighted by Crippen LogP contribution is -2.54. The summed E-state index contributed by atoms with van der Waals surface area (Å²) in [4.78, 5) is 41.3. The molecule has 2 atom stereocenters. The van der Waals surface area contributed by atoms with Crippen LogP contribution in [0.5, 0.6) is 0 Å². The van der Waals surface area contributed by atoms with E-state index < -0.39 is 11.6 Å². The summed E-state index contributed by atoms with van der Waals surface area (Å²) in [5, 5.41) is 2.95. The molecule has 0 unspecified atom stereocenters. The van der Waals surface area contributed by atoms with Crippen molar-refractivity contribution in [1.29, 1.82) is 0 Å². The zero-order valence-electron chi connectivity index (χ0n) is 16.6. The topological polar surface area (TPSA) is 69.7 Å². The Morgan fingerprint density at radius 1 is 1.19 bits per heavy atom. The van der Waals surface area contributed by atoms with Crippen LogP contribution < -0.4 is 5.32 Å². The molecule has 1 heterocycles. The summed E-state index contributed by atoms with van der Waals surface area (Å²) >= 11 is 0. The summed E-state index contributed by atoms with van der Waals surface area (Å²) in [6.45, 7) is 6.28. The van der Waals surface area contributed by atoms with Crippen molar-refractivity contribution in [3.8, 4) is 0 Å². The number of rotatable bonds is 3. The number of likely N-dealkylation sites (N-methyl/N-ethyl adjacent to an activating group) is 1. The van der Waals surface area contributed by atoms with Crippen molar-refractivity contribution in [2.45, 2.75) is 83.7 Å². The zero-order valence-corrected chi connectivity index (χ0v) is 16.6. The average Bonchev–Trinajstić information content (AvgIpc) is 2.76. The summed E-state index contributed by atoms with van der Waals surface area (Å²) in [6, 6.07) is -0.176. The summed E-state index contributed by atoms with van der Waals surface area (Å²) in [5.74, 6) is 0.0108. The first-order chi connectivity index (χ1) is 12.1. The molecule has 6 heteroatoms. The Labute approximate surface area is 156 Å². The highest BCUT2D eigenvalue weighted by atomic mass is 16.2. The minimum Gasteiger partial charge on any atom is -0.341 e. The first kappa shape index (κ1) is 19.2. The summed E-state index contributed by atoms with van der Waals surface area (Å²) in [5.41, 5.74) is -0.832. The van der Waals surface area contributed by atoms with Gasteiger partial charge >= 0.3 is 6.03 Å². The second-order valence-corrected chi connectivity index (χ2v) is 9.55. The van der Waals surface area contributed by atoms with Crippen LogP contribution in [0.3, 0.4) is 0 Å². The zero-order chi connectivity index (χ0) is 19.1. The van der Waals surface area contributed by atoms with Gasteiger partial charge in [-0.25, -0.2) is 4.79 Å². The molecule has 146 valence electrons. The number of hydrogen-bond acceptors (Lipinski definition) is 3. The summed E-state index contributed by atoms with van der Waals surface area (Å²) < 4.78 is 0. The molecule has 2 saturated carbocycles. The Hall–Kier alpha value is -1.59. The van der Waals surface area contributed by atoms with Crippen LogP contribution in [0.15, 0.2) is 0 Å². The quantitative estimate of drug-likeness (QED) is 0.784. The first-order valence-electron chi connectivity index (χ1n) is 10.0. The number of urea groups is 1. The van der Waals surface area contributed by atoms with E-state index in [4.69, 9.17) is 0 Å². The van der Waals surface area contributed by atoms with Crippen LogP contribution in [0, 0.1) is 11.3 Å². The molecular formula is C20H33N3O3. The van der Waals surface area contributed by atoms with Crippen LogP contribution in [0.2, 0.25) is 0 Å². The van der Waals surface area contributed by atoms with Crippen molar-refractivity contribution in [2.24, 2.45) is 11.3 Å². The normalized spacial score (nSPS) is 32.0. The molecule has 0 aromatic carbocycles. The van der Waals surface area contributed by atoms with Gasteiger partial charge < -0.3 is 10.2 Å². The molecule has 3 rings (SSSR count). The Bertz CT molecular complexity index is 597. The van der Waals surface area contributed by atoms with Crippen molar-refractivity contribution in [3.63, 3.8) is 0 Å². The van der Waals surface area contributed by atoms with E-state index in [0.717, 1.165) is 37.0 Å². The summed E-state index contributed by atoms with van der Waals surface area (Å²) in [6.07, 6.45) is 7.87. The van der Waals surface area contributed by atoms with Gasteiger partial charge in [0.25, 0.3) is 5.91 Å². The lowest BCUT2D eigenvalue weighted by Gasteiger charge is -2.43. The fourth-order valence-corrected chi connectivity index (χ4v) is 5.57. The number of nitrogens with zero attached hydrogens (tertiary/aromatic N) is 2. The van der Waals surface area contributed by atoms with Crippen molar-refractivity contribution in [1.82, 2.24) is 15.1 Å². The fourth-order valence-electron chi connectivity index (χ4n) is 5.57. The Morgan fingerprint density at radius 2 is 1.85 bits per heavy atom. The number of amides is 4. The summed E-state index contributed by atoms with van der Waals surface area (Å²) in [7, 11) is 1.80. The highest BCUT2D eigenvalue weighted by Gasteiger charge is 2.56. The van der Waals surface area contributed by atoms with Crippen LogP contribution in [0.1, 0.15) is 72.1 Å². The minimum absolute atomic E-state index is 0.000482. The minimum atomic E-state index is -0.831. The van der Waals surface area contributed by atoms with Gasteiger partial charge in [-0.15, -0.1) is 0 Å². The molecule has 0 bridgehead atoms. The molecule has 1 spiro atoms. The van der Waals surface area contributed by atoms with Gasteiger partial charge in [-0.1, -0.05) is 40.0 Å². The third-order valence-corrected chi connectivity index (χ3v) is 6.43. The van der Waals surface area contributed by atoms with Crippen LogP contribution in [-0.4, -0.2) is 52.8 Å². The SMILES string of the molecule is C[C@@H]1CC(C)(C)C[C@]2(C1)NC(=O)N(CC(=O)N(C)C1CCCCC1)C2=O. The molecule has 1 N–H and O–H groups in total. The van der Waals surface area contributed by atoms with Crippen molar-refractivity contribution >= 4 is 17.8 Å². The van der Waals surface area contributed by atoms with Crippen LogP contribution in [-0.2, 0) is 9.59 Å². The van der Waals surface area contributed by atoms with Gasteiger partial charge in [0, 0.05) is 13.1 Å². The molecule has 0 aromatic heterocycles. The van der Waals surface area contributed by atoms with Crippen LogP contribution >= 0.6 is 0 Å². The maximum absolute atomic E-state index is 13.1. The van der Waals surface area contributed by atoms with Gasteiger partial charge in [0.2, 0.25) is 5.91 Å². The second kappa shape index (κ2) is 6.86. The van der Waals surface area contributed by atoms with Gasteiger partial charge in [-0.05, 0) is 43.4 Å². The van der Waals surface area contributed by atoms with Crippen molar-refractivity contribution in [3.05, 3.63) is 0 Å². The lowest BCUT2D eigenvalue weighted by molar-refractivity contribution is -0.141. The first-order valence-corrected chi connectivity index (χ1v) is 10.0. The van der Waals surface area contributed by atoms with E-state index in [-0.39, 0.29) is 29.8 Å². The average molecular weight is 364 g/mol. The molecule has 3 aliphatic rings. The molecule has 2 aliphatic carbocycles. The standard InChI is InChI=1S/C20H33N3O3/c1-14-10-19(2,3)13-20(11-14)17(25)23(18(26)21-20)12-16(24)22(4)15-8-6-5-7-9-15/h14-15H,5-13H2,1-4H3,(H,21,26)/t14-,20+/m1/s1. The largest absolute Gasteiger partial charge is 0.341 e. The van der Waals surface area contributed by atoms with E-state index in [9.17, 15) is 14.4 Å². The number of carbonyl (C=O) groups excluding carboxylic acids is 3. The van der Waals surface area contributed by atoms with Gasteiger partial charge in [0.05, 0.1) is 0 Å². The number of carbonyl (C=O) groups is 3. The number of imide groups is 1. The van der Waals surface area contributed by atoms with Gasteiger partial charge in [0.15, 0.2) is 0 Å². The predicted molar refractivity (Wildman–Crippen MR) is 99.4 cm³/mol. The van der Waals surface area contributed by atoms with E-state index in [1.54, 1.807) is 11.9 Å². The molecular weight excluding hydrogens is 330 g/mol. The van der Waals surface area contributed by atoms with E-state index in [1.807, 2.05) is 0 Å². The van der Waals surface area contributed by atoms with E-state index in [0.29, 0.717) is 18.8 Å². The monoisotopic (exact) mass is 363 g/mol. The second-order valence-electron chi connectivity index (χ2n) is 9.55. The maximum Gasteiger partial charge on any atom is 0.325 e. The van der Waals surface area contributed by atoms with Crippen molar-refractivity contribution < 1.29 is 14.4 Å². The molecule has 1 aliphatic heterocycles. The Balaban J connectivity index is 1.70. The number of nitrogens with one attached hydrogen (secondary N) is 1. The van der Waals surface area contributed by atoms with E-state index >= 15 is 0 Å². The van der Waals surface area contributed by atoms with Gasteiger partial charge in [0.1, 0.15) is 12.1 Å². The van der Waals surface area contributed by atoms with Crippen LogP contribution in [0.4, 0.5) is 4.79 Å².